The molecule has 1 N–H and O–H groups in total. The summed E-state index contributed by atoms with van der Waals surface area (Å²) in [5, 5.41) is 7.41. The molecule has 0 radical (unpaired) electrons. The van der Waals surface area contributed by atoms with Crippen LogP contribution in [-0.4, -0.2) is 29.3 Å². The first-order valence-corrected chi connectivity index (χ1v) is 6.92. The van der Waals surface area contributed by atoms with E-state index in [1.807, 2.05) is 6.92 Å². The lowest BCUT2D eigenvalue weighted by Crippen LogP contribution is -2.30. The minimum Gasteiger partial charge on any atom is -0.370 e. The lowest BCUT2D eigenvalue weighted by Gasteiger charge is -2.12. The third-order valence-corrected chi connectivity index (χ3v) is 2.92. The smallest absolute Gasteiger partial charge is 0.228 e. The SMILES string of the molecule is CCNC(CC)Cc1nc(C(CC)OCC)no1. The number of nitrogens with one attached hydrogen (secondary N) is 1. The zero-order valence-corrected chi connectivity index (χ0v) is 11.9. The van der Waals surface area contributed by atoms with E-state index >= 15 is 0 Å². The van der Waals surface area contributed by atoms with Gasteiger partial charge in [-0.2, -0.15) is 4.98 Å². The number of hydrogen-bond acceptors (Lipinski definition) is 5. The van der Waals surface area contributed by atoms with Gasteiger partial charge in [-0.1, -0.05) is 25.9 Å². The monoisotopic (exact) mass is 255 g/mol. The molecule has 0 amide bonds. The Hall–Kier alpha value is -0.940. The van der Waals surface area contributed by atoms with E-state index in [1.54, 1.807) is 0 Å². The second-order valence-electron chi connectivity index (χ2n) is 4.27. The van der Waals surface area contributed by atoms with Gasteiger partial charge < -0.3 is 14.6 Å². The van der Waals surface area contributed by atoms with E-state index < -0.39 is 0 Å². The molecular formula is C13H25N3O2. The molecular weight excluding hydrogens is 230 g/mol. The second-order valence-corrected chi connectivity index (χ2v) is 4.27. The molecule has 0 aliphatic rings. The number of ether oxygens (including phenoxy) is 1. The van der Waals surface area contributed by atoms with Gasteiger partial charge in [-0.15, -0.1) is 0 Å². The third kappa shape index (κ3) is 4.38. The van der Waals surface area contributed by atoms with Crippen molar-refractivity contribution in [3.63, 3.8) is 0 Å². The van der Waals surface area contributed by atoms with Gasteiger partial charge in [0.05, 0.1) is 0 Å². The van der Waals surface area contributed by atoms with E-state index in [4.69, 9.17) is 9.26 Å². The van der Waals surface area contributed by atoms with Gasteiger partial charge in [-0.05, 0) is 26.3 Å². The Morgan fingerprint density at radius 1 is 1.22 bits per heavy atom. The molecule has 2 unspecified atom stereocenters. The van der Waals surface area contributed by atoms with E-state index in [1.165, 1.54) is 0 Å². The van der Waals surface area contributed by atoms with Crippen LogP contribution in [0.15, 0.2) is 4.52 Å². The van der Waals surface area contributed by atoms with Crippen molar-refractivity contribution in [3.8, 4) is 0 Å². The third-order valence-electron chi connectivity index (χ3n) is 2.92. The molecule has 0 saturated carbocycles. The van der Waals surface area contributed by atoms with Crippen LogP contribution >= 0.6 is 0 Å². The highest BCUT2D eigenvalue weighted by Gasteiger charge is 2.18. The normalized spacial score (nSPS) is 14.7. The van der Waals surface area contributed by atoms with Gasteiger partial charge in [0.25, 0.3) is 0 Å². The zero-order chi connectivity index (χ0) is 13.4. The minimum absolute atomic E-state index is 0.0493. The molecule has 1 aromatic heterocycles. The first-order chi connectivity index (χ1) is 8.74. The van der Waals surface area contributed by atoms with E-state index in [0.29, 0.717) is 24.4 Å². The Balaban J connectivity index is 2.61. The summed E-state index contributed by atoms with van der Waals surface area (Å²) in [6, 6.07) is 0.399. The first-order valence-electron chi connectivity index (χ1n) is 6.92. The quantitative estimate of drug-likeness (QED) is 0.734. The van der Waals surface area contributed by atoms with Gasteiger partial charge in [0.15, 0.2) is 0 Å². The maximum absolute atomic E-state index is 5.57. The fourth-order valence-electron chi connectivity index (χ4n) is 1.92. The summed E-state index contributed by atoms with van der Waals surface area (Å²) in [5.41, 5.74) is 0. The molecule has 1 aromatic rings. The largest absolute Gasteiger partial charge is 0.370 e. The summed E-state index contributed by atoms with van der Waals surface area (Å²) in [6.07, 6.45) is 2.64. The summed E-state index contributed by atoms with van der Waals surface area (Å²) < 4.78 is 10.9. The van der Waals surface area contributed by atoms with Crippen molar-refractivity contribution in [2.45, 2.75) is 59.1 Å². The highest BCUT2D eigenvalue weighted by molar-refractivity contribution is 4.93. The molecule has 0 saturated heterocycles. The summed E-state index contributed by atoms with van der Waals surface area (Å²) >= 11 is 0. The number of aromatic nitrogens is 2. The molecule has 0 fully saturated rings. The summed E-state index contributed by atoms with van der Waals surface area (Å²) in [5.74, 6) is 1.36. The maximum Gasteiger partial charge on any atom is 0.228 e. The average molecular weight is 255 g/mol. The summed E-state index contributed by atoms with van der Waals surface area (Å²) in [4.78, 5) is 4.43. The second kappa shape index (κ2) is 8.21. The minimum atomic E-state index is -0.0493. The van der Waals surface area contributed by atoms with Crippen LogP contribution in [0.1, 0.15) is 58.4 Å². The van der Waals surface area contributed by atoms with Gasteiger partial charge in [0.2, 0.25) is 11.7 Å². The van der Waals surface area contributed by atoms with Gasteiger partial charge in [0, 0.05) is 19.1 Å². The number of rotatable bonds is 9. The molecule has 2 atom stereocenters. The Kier molecular flexibility index (Phi) is 6.90. The van der Waals surface area contributed by atoms with Gasteiger partial charge in [-0.25, -0.2) is 0 Å². The van der Waals surface area contributed by atoms with Crippen molar-refractivity contribution in [1.82, 2.24) is 15.5 Å². The molecule has 0 aliphatic carbocycles. The van der Waals surface area contributed by atoms with Crippen LogP contribution in [0.5, 0.6) is 0 Å². The predicted octanol–water partition coefficient (Wildman–Crippen LogP) is 2.49. The van der Waals surface area contributed by atoms with Crippen molar-refractivity contribution in [3.05, 3.63) is 11.7 Å². The number of nitrogens with zero attached hydrogens (tertiary/aromatic N) is 2. The molecule has 104 valence electrons. The number of likely N-dealkylation sites (N-methyl/N-ethyl adjacent to an activating group) is 1. The van der Waals surface area contributed by atoms with Crippen LogP contribution in [-0.2, 0) is 11.2 Å². The van der Waals surface area contributed by atoms with Crippen molar-refractivity contribution in [1.29, 1.82) is 0 Å². The fourth-order valence-corrected chi connectivity index (χ4v) is 1.92. The lowest BCUT2D eigenvalue weighted by atomic mass is 10.1. The van der Waals surface area contributed by atoms with Crippen LogP contribution < -0.4 is 5.32 Å². The summed E-state index contributed by atoms with van der Waals surface area (Å²) in [6.45, 7) is 9.91. The fraction of sp³-hybridized carbons (Fsp3) is 0.846. The van der Waals surface area contributed by atoms with Crippen LogP contribution in [0, 0.1) is 0 Å². The highest BCUT2D eigenvalue weighted by atomic mass is 16.5. The molecule has 0 aliphatic heterocycles. The summed E-state index contributed by atoms with van der Waals surface area (Å²) in [7, 11) is 0. The van der Waals surface area contributed by atoms with Gasteiger partial charge in [-0.3, -0.25) is 0 Å². The molecule has 1 rings (SSSR count). The van der Waals surface area contributed by atoms with E-state index in [0.717, 1.165) is 25.8 Å². The van der Waals surface area contributed by atoms with Crippen LogP contribution in [0.25, 0.3) is 0 Å². The standard InChI is InChI=1S/C13H25N3O2/c1-5-10(14-7-3)9-12-15-13(16-18-12)11(6-2)17-8-4/h10-11,14H,5-9H2,1-4H3. The van der Waals surface area contributed by atoms with Crippen molar-refractivity contribution in [2.75, 3.05) is 13.2 Å². The molecule has 1 heterocycles. The van der Waals surface area contributed by atoms with Crippen LogP contribution in [0.4, 0.5) is 0 Å². The maximum atomic E-state index is 5.57. The van der Waals surface area contributed by atoms with Crippen molar-refractivity contribution >= 4 is 0 Å². The van der Waals surface area contributed by atoms with E-state index in [9.17, 15) is 0 Å². The van der Waals surface area contributed by atoms with E-state index in [2.05, 4.69) is 36.2 Å². The molecule has 0 bridgehead atoms. The van der Waals surface area contributed by atoms with Gasteiger partial charge in [0.1, 0.15) is 6.10 Å². The molecule has 18 heavy (non-hydrogen) atoms. The number of hydrogen-bond donors (Lipinski definition) is 1. The Bertz CT molecular complexity index is 328. The highest BCUT2D eigenvalue weighted by Crippen LogP contribution is 2.18. The van der Waals surface area contributed by atoms with Crippen LogP contribution in [0.3, 0.4) is 0 Å². The lowest BCUT2D eigenvalue weighted by molar-refractivity contribution is 0.0518. The Morgan fingerprint density at radius 3 is 2.56 bits per heavy atom. The molecule has 0 spiro atoms. The van der Waals surface area contributed by atoms with E-state index in [-0.39, 0.29) is 6.10 Å². The van der Waals surface area contributed by atoms with Crippen molar-refractivity contribution in [2.24, 2.45) is 0 Å². The zero-order valence-electron chi connectivity index (χ0n) is 11.9. The first kappa shape index (κ1) is 15.1. The Labute approximate surface area is 109 Å². The molecule has 5 heteroatoms. The van der Waals surface area contributed by atoms with Gasteiger partial charge >= 0.3 is 0 Å². The topological polar surface area (TPSA) is 60.2 Å². The Morgan fingerprint density at radius 2 is 2.00 bits per heavy atom. The molecule has 5 nitrogen and oxygen atoms in total. The van der Waals surface area contributed by atoms with Crippen LogP contribution in [0.2, 0.25) is 0 Å². The predicted molar refractivity (Wildman–Crippen MR) is 70.4 cm³/mol. The molecule has 0 aromatic carbocycles. The van der Waals surface area contributed by atoms with Crippen molar-refractivity contribution < 1.29 is 9.26 Å². The average Bonchev–Trinajstić information content (AvgIpc) is 2.83.